The number of likely N-dealkylation sites (N-methyl/N-ethyl adjacent to an activating group) is 1. The molecular formula is C36H46N4O3. The van der Waals surface area contributed by atoms with E-state index in [9.17, 15) is 9.59 Å². The number of H-pyrrole nitrogens is 1. The summed E-state index contributed by atoms with van der Waals surface area (Å²) in [6.45, 7) is 11.2. The molecule has 6 rings (SSSR count). The molecule has 1 amide bonds. The number of aryl methyl sites for hydroxylation is 1. The van der Waals surface area contributed by atoms with Crippen LogP contribution in [0.5, 0.6) is 5.75 Å². The summed E-state index contributed by atoms with van der Waals surface area (Å²) in [5.74, 6) is 1.87. The Morgan fingerprint density at radius 1 is 0.884 bits per heavy atom. The summed E-state index contributed by atoms with van der Waals surface area (Å²) in [7, 11) is 3.76. The van der Waals surface area contributed by atoms with Gasteiger partial charge in [0, 0.05) is 43.0 Å². The SMILES string of the molecule is CC.CC(=O)C1CC1.CN1CCN(C(=O)c2ccc(/C=C/c3n[nH]c4ccccc34)cc2)CC1.COc1ccc(C)cc1. The fraction of sp³-hybridized carbons (Fsp3) is 0.361. The first-order valence-corrected chi connectivity index (χ1v) is 15.1. The van der Waals surface area contributed by atoms with Crippen molar-refractivity contribution in [3.8, 4) is 5.75 Å². The van der Waals surface area contributed by atoms with E-state index in [4.69, 9.17) is 4.74 Å². The largest absolute Gasteiger partial charge is 0.497 e. The minimum Gasteiger partial charge on any atom is -0.497 e. The fourth-order valence-corrected chi connectivity index (χ4v) is 4.38. The topological polar surface area (TPSA) is 78.5 Å². The van der Waals surface area contributed by atoms with Crippen molar-refractivity contribution in [1.82, 2.24) is 20.0 Å². The molecule has 43 heavy (non-hydrogen) atoms. The number of piperazine rings is 1. The van der Waals surface area contributed by atoms with Gasteiger partial charge in [-0.2, -0.15) is 5.10 Å². The molecule has 2 aliphatic rings. The zero-order valence-corrected chi connectivity index (χ0v) is 26.5. The van der Waals surface area contributed by atoms with Crippen molar-refractivity contribution in [3.63, 3.8) is 0 Å². The molecule has 0 bridgehead atoms. The molecule has 0 atom stereocenters. The number of amides is 1. The van der Waals surface area contributed by atoms with Crippen molar-refractivity contribution < 1.29 is 14.3 Å². The van der Waals surface area contributed by atoms with Gasteiger partial charge in [0.05, 0.1) is 18.3 Å². The number of nitrogens with one attached hydrogen (secondary N) is 1. The van der Waals surface area contributed by atoms with Gasteiger partial charge in [-0.3, -0.25) is 14.7 Å². The summed E-state index contributed by atoms with van der Waals surface area (Å²) in [6.07, 6.45) is 6.31. The fourth-order valence-electron chi connectivity index (χ4n) is 4.38. The van der Waals surface area contributed by atoms with E-state index >= 15 is 0 Å². The van der Waals surface area contributed by atoms with Gasteiger partial charge in [-0.15, -0.1) is 0 Å². The standard InChI is InChI=1S/C21H22N4O.C8H10O.C5H8O.C2H6/c1-24-12-14-25(15-13-24)21(26)17-9-6-16(7-10-17)8-11-20-18-4-2-3-5-19(18)22-23-20;1-7-3-5-8(9-2)6-4-7;1-4(6)5-2-3-5;1-2/h2-11H,12-15H2,1H3,(H,22,23);3-6H,1-2H3;5H,2-3H2,1H3;1-2H3/b11-8+;;;. The summed E-state index contributed by atoms with van der Waals surface area (Å²) < 4.78 is 4.97. The number of carbonyl (C=O) groups excluding carboxylic acids is 2. The van der Waals surface area contributed by atoms with Crippen LogP contribution in [-0.4, -0.2) is 72.0 Å². The summed E-state index contributed by atoms with van der Waals surface area (Å²) in [5, 5.41) is 8.48. The lowest BCUT2D eigenvalue weighted by Crippen LogP contribution is -2.47. The Labute approximate surface area is 256 Å². The Balaban J connectivity index is 0.000000243. The number of ketones is 1. The molecule has 3 aromatic carbocycles. The van der Waals surface area contributed by atoms with Gasteiger partial charge in [0.25, 0.3) is 5.91 Å². The monoisotopic (exact) mass is 582 g/mol. The zero-order chi connectivity index (χ0) is 31.2. The molecule has 1 aliphatic heterocycles. The molecule has 2 heterocycles. The number of para-hydroxylation sites is 1. The van der Waals surface area contributed by atoms with Crippen molar-refractivity contribution in [2.45, 2.75) is 40.5 Å². The van der Waals surface area contributed by atoms with E-state index in [1.54, 1.807) is 14.0 Å². The molecule has 1 aliphatic carbocycles. The van der Waals surface area contributed by atoms with Gasteiger partial charge in [-0.1, -0.05) is 68.0 Å². The number of nitrogens with zero attached hydrogens (tertiary/aromatic N) is 3. The number of carbonyl (C=O) groups is 2. The molecular weight excluding hydrogens is 536 g/mol. The number of hydrogen-bond acceptors (Lipinski definition) is 5. The van der Waals surface area contributed by atoms with Crippen LogP contribution in [0.2, 0.25) is 0 Å². The number of fused-ring (bicyclic) bond motifs is 1. The second-order valence-electron chi connectivity index (χ2n) is 10.6. The highest BCUT2D eigenvalue weighted by Gasteiger charge is 2.25. The lowest BCUT2D eigenvalue weighted by atomic mass is 10.1. The molecule has 1 saturated carbocycles. The van der Waals surface area contributed by atoms with Gasteiger partial charge in [-0.05, 0) is 75.7 Å². The third-order valence-electron chi connectivity index (χ3n) is 7.29. The molecule has 0 unspecified atom stereocenters. The second-order valence-corrected chi connectivity index (χ2v) is 10.6. The van der Waals surface area contributed by atoms with Crippen LogP contribution in [0, 0.1) is 12.8 Å². The number of Topliss-reactive ketones (excluding diaryl/α,β-unsaturated/α-hetero) is 1. The lowest BCUT2D eigenvalue weighted by Gasteiger charge is -2.32. The van der Waals surface area contributed by atoms with E-state index in [0.717, 1.165) is 72.5 Å². The van der Waals surface area contributed by atoms with Crippen LogP contribution < -0.4 is 4.74 Å². The molecule has 1 saturated heterocycles. The van der Waals surface area contributed by atoms with Crippen LogP contribution in [0.1, 0.15) is 60.8 Å². The number of ether oxygens (including phenoxy) is 1. The zero-order valence-electron chi connectivity index (χ0n) is 26.5. The average Bonchev–Trinajstić information content (AvgIpc) is 3.83. The first kappa shape index (κ1) is 33.3. The second kappa shape index (κ2) is 17.0. The van der Waals surface area contributed by atoms with Crippen LogP contribution in [0.25, 0.3) is 23.1 Å². The summed E-state index contributed by atoms with van der Waals surface area (Å²) >= 11 is 0. The Morgan fingerprint density at radius 2 is 1.51 bits per heavy atom. The highest BCUT2D eigenvalue weighted by atomic mass is 16.5. The number of aromatic nitrogens is 2. The molecule has 4 aromatic rings. The van der Waals surface area contributed by atoms with Gasteiger partial charge in [0.15, 0.2) is 0 Å². The number of aromatic amines is 1. The van der Waals surface area contributed by atoms with Crippen LogP contribution >= 0.6 is 0 Å². The predicted molar refractivity (Wildman–Crippen MR) is 177 cm³/mol. The van der Waals surface area contributed by atoms with Crippen LogP contribution in [-0.2, 0) is 4.79 Å². The number of rotatable bonds is 5. The average molecular weight is 583 g/mol. The van der Waals surface area contributed by atoms with Crippen molar-refractivity contribution in [3.05, 3.63) is 95.2 Å². The van der Waals surface area contributed by atoms with Gasteiger partial charge in [-0.25, -0.2) is 0 Å². The molecule has 2 fully saturated rings. The maximum Gasteiger partial charge on any atom is 0.253 e. The molecule has 1 aromatic heterocycles. The number of benzene rings is 3. The van der Waals surface area contributed by atoms with E-state index in [1.165, 1.54) is 5.56 Å². The van der Waals surface area contributed by atoms with E-state index in [0.29, 0.717) is 11.7 Å². The Morgan fingerprint density at radius 3 is 2.07 bits per heavy atom. The normalized spacial score (nSPS) is 14.5. The Bertz CT molecular complexity index is 1450. The van der Waals surface area contributed by atoms with Crippen LogP contribution in [0.3, 0.4) is 0 Å². The van der Waals surface area contributed by atoms with E-state index in [1.807, 2.05) is 97.6 Å². The summed E-state index contributed by atoms with van der Waals surface area (Å²) in [5.41, 5.74) is 5.00. The Kier molecular flexibility index (Phi) is 13.2. The van der Waals surface area contributed by atoms with Crippen molar-refractivity contribution >= 4 is 34.7 Å². The molecule has 7 nitrogen and oxygen atoms in total. The van der Waals surface area contributed by atoms with Crippen molar-refractivity contribution in [1.29, 1.82) is 0 Å². The highest BCUT2D eigenvalue weighted by molar-refractivity contribution is 5.95. The summed E-state index contributed by atoms with van der Waals surface area (Å²) in [6, 6.07) is 23.8. The van der Waals surface area contributed by atoms with E-state index in [-0.39, 0.29) is 5.91 Å². The maximum atomic E-state index is 12.6. The molecule has 0 radical (unpaired) electrons. The number of methoxy groups -OCH3 is 1. The molecule has 0 spiro atoms. The lowest BCUT2D eigenvalue weighted by molar-refractivity contribution is -0.118. The maximum absolute atomic E-state index is 12.6. The Hall–Kier alpha value is -4.23. The van der Waals surface area contributed by atoms with Gasteiger partial charge in [0.2, 0.25) is 0 Å². The minimum atomic E-state index is 0.118. The third kappa shape index (κ3) is 10.5. The highest BCUT2D eigenvalue weighted by Crippen LogP contribution is 2.29. The third-order valence-corrected chi connectivity index (χ3v) is 7.29. The minimum absolute atomic E-state index is 0.118. The van der Waals surface area contributed by atoms with E-state index in [2.05, 4.69) is 35.1 Å². The van der Waals surface area contributed by atoms with Gasteiger partial charge < -0.3 is 14.5 Å². The van der Waals surface area contributed by atoms with Crippen molar-refractivity contribution in [2.24, 2.45) is 5.92 Å². The number of hydrogen-bond donors (Lipinski definition) is 1. The smallest absolute Gasteiger partial charge is 0.253 e. The quantitative estimate of drug-likeness (QED) is 0.271. The van der Waals surface area contributed by atoms with Crippen molar-refractivity contribution in [2.75, 3.05) is 40.3 Å². The van der Waals surface area contributed by atoms with Crippen LogP contribution in [0.15, 0.2) is 72.8 Å². The van der Waals surface area contributed by atoms with E-state index < -0.39 is 0 Å². The van der Waals surface area contributed by atoms with Gasteiger partial charge >= 0.3 is 0 Å². The first-order valence-electron chi connectivity index (χ1n) is 15.1. The first-order chi connectivity index (χ1) is 20.8. The molecule has 228 valence electrons. The molecule has 7 heteroatoms. The van der Waals surface area contributed by atoms with Gasteiger partial charge in [0.1, 0.15) is 11.5 Å². The summed E-state index contributed by atoms with van der Waals surface area (Å²) in [4.78, 5) is 27.0. The molecule has 1 N–H and O–H groups in total. The predicted octanol–water partition coefficient (Wildman–Crippen LogP) is 7.14. The van der Waals surface area contributed by atoms with Crippen LogP contribution in [0.4, 0.5) is 0 Å².